The van der Waals surface area contributed by atoms with E-state index in [1.807, 2.05) is 33.0 Å². The Kier molecular flexibility index (Phi) is 4.53. The Morgan fingerprint density at radius 2 is 2.25 bits per heavy atom. The van der Waals surface area contributed by atoms with Crippen molar-refractivity contribution in [2.24, 2.45) is 11.7 Å². The minimum absolute atomic E-state index is 0.0128. The van der Waals surface area contributed by atoms with Gasteiger partial charge in [-0.2, -0.15) is 5.26 Å². The summed E-state index contributed by atoms with van der Waals surface area (Å²) in [5.74, 6) is 0.837. The zero-order valence-corrected chi connectivity index (χ0v) is 10.1. The number of hydrogen-bond donors (Lipinski definition) is 1. The summed E-state index contributed by atoms with van der Waals surface area (Å²) < 4.78 is 5.39. The van der Waals surface area contributed by atoms with Crippen LogP contribution in [0.4, 0.5) is 0 Å². The van der Waals surface area contributed by atoms with Crippen LogP contribution in [0.25, 0.3) is 0 Å². The van der Waals surface area contributed by atoms with Gasteiger partial charge in [-0.05, 0) is 33.0 Å². The summed E-state index contributed by atoms with van der Waals surface area (Å²) in [5.41, 5.74) is 5.96. The third kappa shape index (κ3) is 3.09. The smallest absolute Gasteiger partial charge is 0.122 e. The number of nitrogens with zero attached hydrogens (tertiary/aromatic N) is 2. The lowest BCUT2D eigenvalue weighted by Gasteiger charge is -2.30. The zero-order valence-electron chi connectivity index (χ0n) is 10.1. The SMILES string of the molecule is CC(C#N)CN(C)C(c1ccco1)C(C)N. The van der Waals surface area contributed by atoms with Crippen LogP contribution in [-0.2, 0) is 0 Å². The van der Waals surface area contributed by atoms with E-state index in [9.17, 15) is 0 Å². The van der Waals surface area contributed by atoms with E-state index in [0.717, 1.165) is 5.76 Å². The molecule has 0 spiro atoms. The number of nitrogens with two attached hydrogens (primary N) is 1. The first-order valence-electron chi connectivity index (χ1n) is 5.45. The first kappa shape index (κ1) is 12.8. The average molecular weight is 221 g/mol. The van der Waals surface area contributed by atoms with Crippen molar-refractivity contribution in [3.63, 3.8) is 0 Å². The number of hydrogen-bond acceptors (Lipinski definition) is 4. The summed E-state index contributed by atoms with van der Waals surface area (Å²) in [7, 11) is 1.96. The van der Waals surface area contributed by atoms with Crippen LogP contribution in [0, 0.1) is 17.2 Å². The lowest BCUT2D eigenvalue weighted by Crippen LogP contribution is -2.38. The monoisotopic (exact) mass is 221 g/mol. The molecule has 0 amide bonds. The predicted molar refractivity (Wildman–Crippen MR) is 62.5 cm³/mol. The van der Waals surface area contributed by atoms with Gasteiger partial charge in [0, 0.05) is 12.6 Å². The molecule has 1 heterocycles. The van der Waals surface area contributed by atoms with Gasteiger partial charge in [-0.25, -0.2) is 0 Å². The molecule has 3 atom stereocenters. The third-order valence-corrected chi connectivity index (χ3v) is 2.59. The molecule has 0 aliphatic heterocycles. The van der Waals surface area contributed by atoms with E-state index in [4.69, 9.17) is 15.4 Å². The van der Waals surface area contributed by atoms with E-state index < -0.39 is 0 Å². The van der Waals surface area contributed by atoms with Gasteiger partial charge in [-0.15, -0.1) is 0 Å². The molecular formula is C12H19N3O. The predicted octanol–water partition coefficient (Wildman–Crippen LogP) is 1.76. The fourth-order valence-electron chi connectivity index (χ4n) is 1.92. The highest BCUT2D eigenvalue weighted by molar-refractivity contribution is 5.07. The van der Waals surface area contributed by atoms with E-state index >= 15 is 0 Å². The Balaban J connectivity index is 2.76. The summed E-state index contributed by atoms with van der Waals surface area (Å²) in [6.07, 6.45) is 1.65. The molecule has 0 aromatic carbocycles. The van der Waals surface area contributed by atoms with Gasteiger partial charge in [0.25, 0.3) is 0 Å². The Morgan fingerprint density at radius 1 is 1.56 bits per heavy atom. The molecule has 2 N–H and O–H groups in total. The van der Waals surface area contributed by atoms with Crippen molar-refractivity contribution in [3.05, 3.63) is 24.2 Å². The molecule has 1 aromatic heterocycles. The van der Waals surface area contributed by atoms with Crippen LogP contribution >= 0.6 is 0 Å². The first-order chi connectivity index (χ1) is 7.56. The molecule has 3 unspecified atom stereocenters. The quantitative estimate of drug-likeness (QED) is 0.822. The van der Waals surface area contributed by atoms with Gasteiger partial charge in [0.1, 0.15) is 5.76 Å². The van der Waals surface area contributed by atoms with Gasteiger partial charge in [0.15, 0.2) is 0 Å². The number of furan rings is 1. The van der Waals surface area contributed by atoms with Crippen molar-refractivity contribution in [1.82, 2.24) is 4.90 Å². The molecule has 16 heavy (non-hydrogen) atoms. The maximum Gasteiger partial charge on any atom is 0.122 e. The normalized spacial score (nSPS) is 16.8. The Bertz CT molecular complexity index is 340. The van der Waals surface area contributed by atoms with Crippen LogP contribution in [0.2, 0.25) is 0 Å². The summed E-state index contributed by atoms with van der Waals surface area (Å²) in [6.45, 7) is 4.53. The fraction of sp³-hybridized carbons (Fsp3) is 0.583. The molecule has 4 heteroatoms. The van der Waals surface area contributed by atoms with Crippen LogP contribution in [0.5, 0.6) is 0 Å². The average Bonchev–Trinajstić information content (AvgIpc) is 2.70. The molecule has 0 aliphatic carbocycles. The fourth-order valence-corrected chi connectivity index (χ4v) is 1.92. The summed E-state index contributed by atoms with van der Waals surface area (Å²) >= 11 is 0. The molecule has 0 fully saturated rings. The molecule has 0 radical (unpaired) electrons. The van der Waals surface area contributed by atoms with Crippen LogP contribution < -0.4 is 5.73 Å². The van der Waals surface area contributed by atoms with Crippen molar-refractivity contribution in [2.75, 3.05) is 13.6 Å². The minimum atomic E-state index is -0.0398. The van der Waals surface area contributed by atoms with E-state index in [1.165, 1.54) is 0 Å². The number of likely N-dealkylation sites (N-methyl/N-ethyl adjacent to an activating group) is 1. The molecule has 1 aromatic rings. The molecule has 4 nitrogen and oxygen atoms in total. The minimum Gasteiger partial charge on any atom is -0.468 e. The first-order valence-corrected chi connectivity index (χ1v) is 5.45. The van der Waals surface area contributed by atoms with Crippen molar-refractivity contribution < 1.29 is 4.42 Å². The summed E-state index contributed by atoms with van der Waals surface area (Å²) in [4.78, 5) is 2.07. The maximum atomic E-state index is 8.80. The molecule has 0 saturated carbocycles. The van der Waals surface area contributed by atoms with Crippen LogP contribution in [0.3, 0.4) is 0 Å². The highest BCUT2D eigenvalue weighted by atomic mass is 16.3. The zero-order chi connectivity index (χ0) is 12.1. The van der Waals surface area contributed by atoms with Gasteiger partial charge in [-0.3, -0.25) is 4.90 Å². The van der Waals surface area contributed by atoms with Gasteiger partial charge >= 0.3 is 0 Å². The summed E-state index contributed by atoms with van der Waals surface area (Å²) in [6, 6.07) is 5.97. The maximum absolute atomic E-state index is 8.80. The topological polar surface area (TPSA) is 66.2 Å². The Hall–Kier alpha value is -1.31. The van der Waals surface area contributed by atoms with Gasteiger partial charge in [-0.1, -0.05) is 0 Å². The molecule has 0 saturated heterocycles. The standard InChI is InChI=1S/C12H19N3O/c1-9(7-13)8-15(3)12(10(2)14)11-5-4-6-16-11/h4-6,9-10,12H,8,14H2,1-3H3. The van der Waals surface area contributed by atoms with E-state index in [0.29, 0.717) is 6.54 Å². The van der Waals surface area contributed by atoms with Gasteiger partial charge in [0.2, 0.25) is 0 Å². The molecule has 0 aliphatic rings. The largest absolute Gasteiger partial charge is 0.468 e. The van der Waals surface area contributed by atoms with Gasteiger partial charge in [0.05, 0.1) is 24.3 Å². The molecule has 88 valence electrons. The molecular weight excluding hydrogens is 202 g/mol. The lowest BCUT2D eigenvalue weighted by atomic mass is 10.0. The van der Waals surface area contributed by atoms with Gasteiger partial charge < -0.3 is 10.2 Å². The second kappa shape index (κ2) is 5.69. The van der Waals surface area contributed by atoms with Crippen LogP contribution in [-0.4, -0.2) is 24.5 Å². The Morgan fingerprint density at radius 3 is 2.69 bits per heavy atom. The highest BCUT2D eigenvalue weighted by Gasteiger charge is 2.24. The van der Waals surface area contributed by atoms with Crippen molar-refractivity contribution >= 4 is 0 Å². The Labute approximate surface area is 96.6 Å². The van der Waals surface area contributed by atoms with Crippen molar-refractivity contribution in [3.8, 4) is 6.07 Å². The van der Waals surface area contributed by atoms with E-state index in [1.54, 1.807) is 6.26 Å². The van der Waals surface area contributed by atoms with Crippen LogP contribution in [0.1, 0.15) is 25.6 Å². The molecule has 0 bridgehead atoms. The third-order valence-electron chi connectivity index (χ3n) is 2.59. The number of nitriles is 1. The second-order valence-corrected chi connectivity index (χ2v) is 4.29. The summed E-state index contributed by atoms with van der Waals surface area (Å²) in [5, 5.41) is 8.80. The second-order valence-electron chi connectivity index (χ2n) is 4.29. The van der Waals surface area contributed by atoms with Crippen molar-refractivity contribution in [2.45, 2.75) is 25.9 Å². The van der Waals surface area contributed by atoms with E-state index in [-0.39, 0.29) is 18.0 Å². The van der Waals surface area contributed by atoms with Crippen LogP contribution in [0.15, 0.2) is 22.8 Å². The van der Waals surface area contributed by atoms with E-state index in [2.05, 4.69) is 11.0 Å². The highest BCUT2D eigenvalue weighted by Crippen LogP contribution is 2.23. The van der Waals surface area contributed by atoms with Crippen molar-refractivity contribution in [1.29, 1.82) is 5.26 Å². The lowest BCUT2D eigenvalue weighted by molar-refractivity contribution is 0.180. The number of rotatable bonds is 5. The molecule has 1 rings (SSSR count).